The van der Waals surface area contributed by atoms with E-state index in [4.69, 9.17) is 4.74 Å². The first-order chi connectivity index (χ1) is 13.7. The Bertz CT molecular complexity index is 623. The molecule has 5 aliphatic rings. The second-order valence-corrected chi connectivity index (χ2v) is 11.7. The van der Waals surface area contributed by atoms with Gasteiger partial charge in [-0.25, -0.2) is 0 Å². The van der Waals surface area contributed by atoms with Crippen LogP contribution >= 0.6 is 0 Å². The Morgan fingerprint density at radius 2 is 1.34 bits per heavy atom. The highest BCUT2D eigenvalue weighted by Crippen LogP contribution is 2.76. The summed E-state index contributed by atoms with van der Waals surface area (Å²) in [4.78, 5) is 0. The SMILES string of the molecule is C1=CCCC2OC2CCC=CCC1.CC1(C)CCCC2(O)C(C)(C)C3CCC12C3. The van der Waals surface area contributed by atoms with Crippen LogP contribution in [0.1, 0.15) is 105 Å². The second kappa shape index (κ2) is 7.83. The van der Waals surface area contributed by atoms with Crippen LogP contribution in [0.3, 0.4) is 0 Å². The third kappa shape index (κ3) is 3.57. The third-order valence-electron chi connectivity index (χ3n) is 9.79. The third-order valence-corrected chi connectivity index (χ3v) is 9.79. The summed E-state index contributed by atoms with van der Waals surface area (Å²) < 4.78 is 5.56. The monoisotopic (exact) mass is 400 g/mol. The highest BCUT2D eigenvalue weighted by atomic mass is 16.6. The smallest absolute Gasteiger partial charge is 0.0845 e. The number of ether oxygens (including phenoxy) is 1. The Labute approximate surface area is 179 Å². The molecule has 1 saturated heterocycles. The zero-order chi connectivity index (χ0) is 20.8. The van der Waals surface area contributed by atoms with Gasteiger partial charge in [0.05, 0.1) is 17.8 Å². The van der Waals surface area contributed by atoms with E-state index in [1.54, 1.807) is 0 Å². The van der Waals surface area contributed by atoms with Gasteiger partial charge in [0.25, 0.3) is 0 Å². The molecular weight excluding hydrogens is 356 g/mol. The molecule has 164 valence electrons. The fraction of sp³-hybridized carbons (Fsp3) is 0.852. The molecule has 0 aromatic rings. The van der Waals surface area contributed by atoms with Gasteiger partial charge in [-0.1, -0.05) is 52.0 Å². The molecule has 5 unspecified atom stereocenters. The van der Waals surface area contributed by atoms with E-state index in [-0.39, 0.29) is 16.4 Å². The molecule has 5 atom stereocenters. The lowest BCUT2D eigenvalue weighted by Crippen LogP contribution is -2.62. The molecule has 0 aromatic carbocycles. The molecule has 4 fully saturated rings. The van der Waals surface area contributed by atoms with Crippen LogP contribution in [0.15, 0.2) is 24.3 Å². The molecule has 1 N–H and O–H groups in total. The van der Waals surface area contributed by atoms with Crippen LogP contribution < -0.4 is 0 Å². The number of hydrogen-bond acceptors (Lipinski definition) is 2. The number of allylic oxidation sites excluding steroid dienone is 4. The Morgan fingerprint density at radius 1 is 0.759 bits per heavy atom. The van der Waals surface area contributed by atoms with Crippen molar-refractivity contribution in [1.82, 2.24) is 0 Å². The average molecular weight is 401 g/mol. The van der Waals surface area contributed by atoms with Crippen LogP contribution in [0, 0.1) is 22.2 Å². The van der Waals surface area contributed by atoms with Crippen molar-refractivity contribution in [2.75, 3.05) is 0 Å². The molecule has 0 aromatic heterocycles. The summed E-state index contributed by atoms with van der Waals surface area (Å²) in [7, 11) is 0. The fourth-order valence-corrected chi connectivity index (χ4v) is 7.62. The summed E-state index contributed by atoms with van der Waals surface area (Å²) in [6.45, 7) is 9.45. The van der Waals surface area contributed by atoms with Gasteiger partial charge < -0.3 is 9.84 Å². The van der Waals surface area contributed by atoms with Gasteiger partial charge in [0, 0.05) is 5.41 Å². The molecule has 1 spiro atoms. The quantitative estimate of drug-likeness (QED) is 0.351. The standard InChI is InChI=1S/C15H26O.C12H18O/c1-12(2)7-5-8-15(16)13(3,4)11-6-9-14(12,15)10-11;1-2-4-6-8-10-12-11(13-12)9-7-5-3-1/h11,16H,5-10H2,1-4H3;3-6,11-12H,1-2,7-10H2. The molecule has 5 rings (SSSR count). The molecule has 1 heterocycles. The van der Waals surface area contributed by atoms with Gasteiger partial charge in [0.1, 0.15) is 0 Å². The summed E-state index contributed by atoms with van der Waals surface area (Å²) in [6, 6.07) is 0. The van der Waals surface area contributed by atoms with Gasteiger partial charge in [0.15, 0.2) is 0 Å². The van der Waals surface area contributed by atoms with Crippen molar-refractivity contribution in [2.24, 2.45) is 22.2 Å². The van der Waals surface area contributed by atoms with Crippen LogP contribution in [0.5, 0.6) is 0 Å². The molecule has 4 aliphatic carbocycles. The Morgan fingerprint density at radius 3 is 1.93 bits per heavy atom. The second-order valence-electron chi connectivity index (χ2n) is 11.7. The summed E-state index contributed by atoms with van der Waals surface area (Å²) >= 11 is 0. The van der Waals surface area contributed by atoms with Gasteiger partial charge in [-0.15, -0.1) is 0 Å². The van der Waals surface area contributed by atoms with E-state index < -0.39 is 0 Å². The molecule has 2 heteroatoms. The van der Waals surface area contributed by atoms with Crippen LogP contribution in [0.25, 0.3) is 0 Å². The minimum absolute atomic E-state index is 0.142. The van der Waals surface area contributed by atoms with E-state index in [0.717, 1.165) is 12.3 Å². The first-order valence-electron chi connectivity index (χ1n) is 12.4. The van der Waals surface area contributed by atoms with Crippen molar-refractivity contribution in [3.8, 4) is 0 Å². The molecule has 0 radical (unpaired) electrons. The van der Waals surface area contributed by atoms with Crippen molar-refractivity contribution in [3.63, 3.8) is 0 Å². The minimum atomic E-state index is -0.384. The molecule has 0 amide bonds. The lowest BCUT2D eigenvalue weighted by molar-refractivity contribution is -0.213. The lowest BCUT2D eigenvalue weighted by Gasteiger charge is -2.61. The largest absolute Gasteiger partial charge is 0.389 e. The predicted molar refractivity (Wildman–Crippen MR) is 121 cm³/mol. The van der Waals surface area contributed by atoms with Crippen molar-refractivity contribution in [1.29, 1.82) is 0 Å². The molecule has 1 aliphatic heterocycles. The Balaban J connectivity index is 0.000000145. The van der Waals surface area contributed by atoms with Crippen molar-refractivity contribution in [2.45, 2.75) is 123 Å². The van der Waals surface area contributed by atoms with E-state index in [9.17, 15) is 5.11 Å². The first kappa shape index (κ1) is 21.6. The van der Waals surface area contributed by atoms with E-state index in [0.29, 0.717) is 17.6 Å². The minimum Gasteiger partial charge on any atom is -0.389 e. The topological polar surface area (TPSA) is 32.8 Å². The molecular formula is C27H44O2. The molecule has 3 saturated carbocycles. The lowest BCUT2D eigenvalue weighted by atomic mass is 9.46. The summed E-state index contributed by atoms with van der Waals surface area (Å²) in [6.07, 6.45) is 25.1. The van der Waals surface area contributed by atoms with Crippen LogP contribution in [-0.2, 0) is 4.74 Å². The van der Waals surface area contributed by atoms with Gasteiger partial charge >= 0.3 is 0 Å². The molecule has 2 bridgehead atoms. The summed E-state index contributed by atoms with van der Waals surface area (Å²) in [5.41, 5.74) is 0.322. The number of hydrogen-bond donors (Lipinski definition) is 1. The maximum atomic E-state index is 11.4. The Hall–Kier alpha value is -0.600. The zero-order valence-corrected chi connectivity index (χ0v) is 19.4. The summed E-state index contributed by atoms with van der Waals surface area (Å²) in [5.74, 6) is 0.759. The van der Waals surface area contributed by atoms with E-state index in [1.807, 2.05) is 0 Å². The van der Waals surface area contributed by atoms with Crippen LogP contribution in [-0.4, -0.2) is 22.9 Å². The summed E-state index contributed by atoms with van der Waals surface area (Å²) in [5, 5.41) is 11.4. The van der Waals surface area contributed by atoms with Gasteiger partial charge in [-0.3, -0.25) is 0 Å². The first-order valence-corrected chi connectivity index (χ1v) is 12.4. The number of epoxide rings is 1. The van der Waals surface area contributed by atoms with Crippen molar-refractivity contribution in [3.05, 3.63) is 24.3 Å². The van der Waals surface area contributed by atoms with Crippen molar-refractivity contribution >= 4 is 0 Å². The van der Waals surface area contributed by atoms with Crippen LogP contribution in [0.4, 0.5) is 0 Å². The predicted octanol–water partition coefficient (Wildman–Crippen LogP) is 6.97. The van der Waals surface area contributed by atoms with Gasteiger partial charge in [0.2, 0.25) is 0 Å². The average Bonchev–Trinajstić information content (AvgIpc) is 3.16. The van der Waals surface area contributed by atoms with Gasteiger partial charge in [-0.2, -0.15) is 0 Å². The fourth-order valence-electron chi connectivity index (χ4n) is 7.62. The van der Waals surface area contributed by atoms with Crippen molar-refractivity contribution < 1.29 is 9.84 Å². The highest BCUT2D eigenvalue weighted by Gasteiger charge is 2.74. The number of fused-ring (bicyclic) bond motifs is 2. The highest BCUT2D eigenvalue weighted by molar-refractivity contribution is 5.24. The van der Waals surface area contributed by atoms with E-state index in [2.05, 4.69) is 52.0 Å². The maximum Gasteiger partial charge on any atom is 0.0845 e. The van der Waals surface area contributed by atoms with E-state index >= 15 is 0 Å². The number of aliphatic hydroxyl groups is 1. The zero-order valence-electron chi connectivity index (χ0n) is 19.4. The molecule has 2 nitrogen and oxygen atoms in total. The Kier molecular flexibility index (Phi) is 5.84. The maximum absolute atomic E-state index is 11.4. The van der Waals surface area contributed by atoms with Crippen LogP contribution in [0.2, 0.25) is 0 Å². The number of rotatable bonds is 0. The normalized spacial score (nSPS) is 44.5. The van der Waals surface area contributed by atoms with Gasteiger partial charge in [-0.05, 0) is 93.8 Å². The van der Waals surface area contributed by atoms with E-state index in [1.165, 1.54) is 70.6 Å². The molecule has 29 heavy (non-hydrogen) atoms.